The Morgan fingerprint density at radius 3 is 0.758 bits per heavy atom. The minimum absolute atomic E-state index is 1.22. The third-order valence-corrected chi connectivity index (χ3v) is 6.64. The second-order valence-electron chi connectivity index (χ2n) is 9.85. The van der Waals surface area contributed by atoms with E-state index in [1.165, 1.54) is 133 Å². The highest BCUT2D eigenvalue weighted by Crippen LogP contribution is 2.16. The van der Waals surface area contributed by atoms with Gasteiger partial charge in [0.1, 0.15) is 0 Å². The van der Waals surface area contributed by atoms with Crippen LogP contribution in [0.2, 0.25) is 0 Å². The summed E-state index contributed by atoms with van der Waals surface area (Å²) in [6.45, 7) is 14.3. The molecule has 192 valence electrons. The lowest BCUT2D eigenvalue weighted by molar-refractivity contribution is -0.926. The lowest BCUT2D eigenvalue weighted by Crippen LogP contribution is -2.50. The van der Waals surface area contributed by atoms with E-state index in [1.807, 2.05) is 0 Å². The second-order valence-corrected chi connectivity index (χ2v) is 9.85. The van der Waals surface area contributed by atoms with Crippen molar-refractivity contribution in [3.8, 4) is 0 Å². The molecule has 0 aromatic heterocycles. The first-order valence-corrected chi connectivity index (χ1v) is 14.7. The molecular formula is C32H60N+. The molecule has 0 rings (SSSR count). The van der Waals surface area contributed by atoms with E-state index in [0.29, 0.717) is 0 Å². The molecule has 0 radical (unpaired) electrons. The topological polar surface area (TPSA) is 0 Å². The number of quaternary nitrogens is 1. The van der Waals surface area contributed by atoms with Crippen molar-refractivity contribution in [3.63, 3.8) is 0 Å². The lowest BCUT2D eigenvalue weighted by Gasteiger charge is -2.38. The maximum Gasteiger partial charge on any atom is 0.0821 e. The van der Waals surface area contributed by atoms with Crippen molar-refractivity contribution in [2.75, 3.05) is 26.2 Å². The zero-order valence-electron chi connectivity index (χ0n) is 23.2. The molecule has 0 heterocycles. The van der Waals surface area contributed by atoms with Crippen LogP contribution in [-0.4, -0.2) is 30.7 Å². The Kier molecular flexibility index (Phi) is 24.7. The first-order valence-electron chi connectivity index (χ1n) is 14.7. The summed E-state index contributed by atoms with van der Waals surface area (Å²) in [7, 11) is 0. The number of rotatable bonds is 24. The molecule has 0 fully saturated rings. The van der Waals surface area contributed by atoms with Crippen molar-refractivity contribution in [3.05, 3.63) is 48.6 Å². The molecular weight excluding hydrogens is 398 g/mol. The minimum Gasteiger partial charge on any atom is -0.323 e. The third-order valence-electron chi connectivity index (χ3n) is 6.64. The van der Waals surface area contributed by atoms with E-state index >= 15 is 0 Å². The summed E-state index contributed by atoms with van der Waals surface area (Å²) in [5, 5.41) is 0. The van der Waals surface area contributed by atoms with Crippen LogP contribution in [-0.2, 0) is 0 Å². The van der Waals surface area contributed by atoms with Crippen LogP contribution in [0.15, 0.2) is 48.6 Å². The largest absolute Gasteiger partial charge is 0.323 e. The number of unbranched alkanes of at least 4 members (excludes halogenated alkanes) is 8. The zero-order valence-corrected chi connectivity index (χ0v) is 23.2. The summed E-state index contributed by atoms with van der Waals surface area (Å²) in [5.74, 6) is 0. The van der Waals surface area contributed by atoms with Gasteiger partial charge in [-0.15, -0.1) is 0 Å². The molecule has 33 heavy (non-hydrogen) atoms. The van der Waals surface area contributed by atoms with Crippen LogP contribution in [0.1, 0.15) is 130 Å². The number of nitrogens with zero attached hydrogens (tertiary/aromatic N) is 1. The molecule has 1 nitrogen and oxygen atoms in total. The summed E-state index contributed by atoms with van der Waals surface area (Å²) in [6.07, 6.45) is 39.9. The first-order chi connectivity index (χ1) is 16.2. The Balaban J connectivity index is 5.09. The quantitative estimate of drug-likeness (QED) is 0.0766. The molecule has 0 aliphatic rings. The van der Waals surface area contributed by atoms with Crippen LogP contribution in [0, 0.1) is 0 Å². The summed E-state index contributed by atoms with van der Waals surface area (Å²) in [4.78, 5) is 0. The van der Waals surface area contributed by atoms with Gasteiger partial charge in [0.05, 0.1) is 26.2 Å². The molecule has 0 spiro atoms. The predicted octanol–water partition coefficient (Wildman–Crippen LogP) is 10.3. The smallest absolute Gasteiger partial charge is 0.0821 e. The van der Waals surface area contributed by atoms with E-state index in [-0.39, 0.29) is 0 Å². The molecule has 0 bridgehead atoms. The molecule has 0 N–H and O–H groups in total. The van der Waals surface area contributed by atoms with Gasteiger partial charge in [0.15, 0.2) is 0 Å². The molecule has 0 amide bonds. The average molecular weight is 459 g/mol. The summed E-state index contributed by atoms with van der Waals surface area (Å²) < 4.78 is 1.27. The fourth-order valence-electron chi connectivity index (χ4n) is 4.30. The molecule has 1 heteroatoms. The van der Waals surface area contributed by atoms with Gasteiger partial charge in [0.2, 0.25) is 0 Å². The summed E-state index contributed by atoms with van der Waals surface area (Å²) in [5.41, 5.74) is 0. The SMILES string of the molecule is CCCC/C=C/CC[N+](CC/C=C/CCCC)(CC/C=C/CCCC)CC/C=C/CCCC. The van der Waals surface area contributed by atoms with Crippen LogP contribution in [0.4, 0.5) is 0 Å². The van der Waals surface area contributed by atoms with E-state index in [1.54, 1.807) is 0 Å². The fourth-order valence-corrected chi connectivity index (χ4v) is 4.30. The first kappa shape index (κ1) is 31.9. The minimum atomic E-state index is 1.22. The van der Waals surface area contributed by atoms with E-state index in [4.69, 9.17) is 0 Å². The fraction of sp³-hybridized carbons (Fsp3) is 0.750. The van der Waals surface area contributed by atoms with Gasteiger partial charge in [-0.3, -0.25) is 0 Å². The van der Waals surface area contributed by atoms with E-state index < -0.39 is 0 Å². The highest BCUT2D eigenvalue weighted by molar-refractivity contribution is 4.86. The molecule has 0 aromatic rings. The van der Waals surface area contributed by atoms with Gasteiger partial charge in [-0.25, -0.2) is 0 Å². The van der Waals surface area contributed by atoms with Crippen LogP contribution < -0.4 is 0 Å². The highest BCUT2D eigenvalue weighted by Gasteiger charge is 2.24. The van der Waals surface area contributed by atoms with Gasteiger partial charge in [-0.05, 0) is 25.7 Å². The Morgan fingerprint density at radius 2 is 0.545 bits per heavy atom. The second kappa shape index (κ2) is 25.5. The van der Waals surface area contributed by atoms with Crippen LogP contribution >= 0.6 is 0 Å². The maximum atomic E-state index is 2.47. The van der Waals surface area contributed by atoms with Crippen molar-refractivity contribution in [2.24, 2.45) is 0 Å². The van der Waals surface area contributed by atoms with Gasteiger partial charge < -0.3 is 4.48 Å². The van der Waals surface area contributed by atoms with E-state index in [2.05, 4.69) is 76.3 Å². The van der Waals surface area contributed by atoms with Crippen molar-refractivity contribution in [2.45, 2.75) is 130 Å². The molecule has 0 unspecified atom stereocenters. The van der Waals surface area contributed by atoms with Gasteiger partial charge in [0, 0.05) is 25.7 Å². The Labute approximate surface area is 209 Å². The average Bonchev–Trinajstić information content (AvgIpc) is 2.83. The Morgan fingerprint density at radius 1 is 0.333 bits per heavy atom. The van der Waals surface area contributed by atoms with Gasteiger partial charge in [-0.2, -0.15) is 0 Å². The van der Waals surface area contributed by atoms with Crippen molar-refractivity contribution < 1.29 is 4.48 Å². The van der Waals surface area contributed by atoms with Crippen LogP contribution in [0.3, 0.4) is 0 Å². The van der Waals surface area contributed by atoms with Crippen molar-refractivity contribution in [1.82, 2.24) is 0 Å². The standard InChI is InChI=1S/C32H60N/c1-5-9-13-17-21-25-29-33(30-26-22-18-14-10-6-2,31-27-23-19-15-11-7-3)32-28-24-20-16-12-8-4/h17-24H,5-16,25-32H2,1-4H3/q+1/b21-17+,22-18+,23-19+,24-20+. The third kappa shape index (κ3) is 21.2. The molecule has 0 saturated carbocycles. The molecule has 0 aromatic carbocycles. The number of hydrogen-bond donors (Lipinski definition) is 0. The van der Waals surface area contributed by atoms with E-state index in [0.717, 1.165) is 0 Å². The Hall–Kier alpha value is -1.08. The van der Waals surface area contributed by atoms with Gasteiger partial charge in [-0.1, -0.05) is 128 Å². The predicted molar refractivity (Wildman–Crippen MR) is 153 cm³/mol. The maximum absolute atomic E-state index is 2.47. The zero-order chi connectivity index (χ0) is 24.3. The highest BCUT2D eigenvalue weighted by atomic mass is 15.3. The number of hydrogen-bond acceptors (Lipinski definition) is 0. The lowest BCUT2D eigenvalue weighted by atomic mass is 10.1. The van der Waals surface area contributed by atoms with Crippen LogP contribution in [0.5, 0.6) is 0 Å². The Bertz CT molecular complexity index is 403. The normalized spacial score (nSPS) is 13.0. The summed E-state index contributed by atoms with van der Waals surface area (Å²) >= 11 is 0. The van der Waals surface area contributed by atoms with Crippen molar-refractivity contribution in [1.29, 1.82) is 0 Å². The summed E-state index contributed by atoms with van der Waals surface area (Å²) in [6, 6.07) is 0. The van der Waals surface area contributed by atoms with Gasteiger partial charge in [0.25, 0.3) is 0 Å². The van der Waals surface area contributed by atoms with Crippen molar-refractivity contribution >= 4 is 0 Å². The van der Waals surface area contributed by atoms with Gasteiger partial charge >= 0.3 is 0 Å². The van der Waals surface area contributed by atoms with Crippen LogP contribution in [0.25, 0.3) is 0 Å². The molecule has 0 atom stereocenters. The van der Waals surface area contributed by atoms with E-state index in [9.17, 15) is 0 Å². The molecule has 0 saturated heterocycles. The number of allylic oxidation sites excluding steroid dienone is 4. The molecule has 0 aliphatic heterocycles. The molecule has 0 aliphatic carbocycles. The monoisotopic (exact) mass is 458 g/mol.